The van der Waals surface area contributed by atoms with E-state index in [4.69, 9.17) is 4.84 Å². The van der Waals surface area contributed by atoms with Gasteiger partial charge in [-0.3, -0.25) is 4.84 Å². The SMILES string of the molecule is CN1N(c2ccc3c(c2)CCNC3)NOC12CC1CCC2CC1. The van der Waals surface area contributed by atoms with Crippen LogP contribution in [0.15, 0.2) is 18.2 Å². The molecule has 1 unspecified atom stereocenters. The van der Waals surface area contributed by atoms with E-state index < -0.39 is 0 Å². The van der Waals surface area contributed by atoms with Crippen molar-refractivity contribution in [3.8, 4) is 0 Å². The highest BCUT2D eigenvalue weighted by Crippen LogP contribution is 2.52. The first-order valence-electron chi connectivity index (χ1n) is 9.06. The summed E-state index contributed by atoms with van der Waals surface area (Å²) < 4.78 is 0. The smallest absolute Gasteiger partial charge is 0.165 e. The monoisotopic (exact) mass is 314 g/mol. The standard InChI is InChI=1S/C18H26N4O/c1-21-18(11-13-2-5-16(18)6-3-13)23-20-22(21)17-7-4-15-12-19-9-8-14(15)10-17/h4,7,10,13,16,19-20H,2-3,5-6,8-9,11-12H2,1H3. The van der Waals surface area contributed by atoms with Gasteiger partial charge in [-0.05, 0) is 74.2 Å². The van der Waals surface area contributed by atoms with Crippen LogP contribution in [0.1, 0.15) is 43.2 Å². The largest absolute Gasteiger partial charge is 0.312 e. The van der Waals surface area contributed by atoms with E-state index in [1.165, 1.54) is 42.5 Å². The molecule has 3 saturated carbocycles. The van der Waals surface area contributed by atoms with Crippen LogP contribution in [-0.2, 0) is 17.8 Å². The Kier molecular flexibility index (Phi) is 3.20. The Morgan fingerprint density at radius 1 is 1.17 bits per heavy atom. The van der Waals surface area contributed by atoms with E-state index in [0.717, 1.165) is 31.8 Å². The quantitative estimate of drug-likeness (QED) is 0.832. The third kappa shape index (κ3) is 2.07. The summed E-state index contributed by atoms with van der Waals surface area (Å²) >= 11 is 0. The predicted molar refractivity (Wildman–Crippen MR) is 89.1 cm³/mol. The minimum Gasteiger partial charge on any atom is -0.312 e. The summed E-state index contributed by atoms with van der Waals surface area (Å²) in [5.41, 5.74) is 7.15. The first-order valence-corrected chi connectivity index (χ1v) is 9.06. The molecule has 1 aromatic carbocycles. The van der Waals surface area contributed by atoms with Crippen LogP contribution in [0.4, 0.5) is 5.69 Å². The van der Waals surface area contributed by atoms with Gasteiger partial charge < -0.3 is 5.32 Å². The zero-order valence-electron chi connectivity index (χ0n) is 13.8. The van der Waals surface area contributed by atoms with Crippen molar-refractivity contribution in [1.82, 2.24) is 15.9 Å². The van der Waals surface area contributed by atoms with Crippen molar-refractivity contribution in [3.63, 3.8) is 0 Å². The fraction of sp³-hybridized carbons (Fsp3) is 0.667. The molecule has 2 aliphatic heterocycles. The number of nitrogens with one attached hydrogen (secondary N) is 2. The number of benzene rings is 1. The van der Waals surface area contributed by atoms with Crippen LogP contribution in [0.25, 0.3) is 0 Å². The Balaban J connectivity index is 1.44. The van der Waals surface area contributed by atoms with Crippen LogP contribution in [-0.4, -0.2) is 24.3 Å². The highest BCUT2D eigenvalue weighted by atomic mass is 16.8. The molecule has 2 bridgehead atoms. The number of fused-ring (bicyclic) bond motifs is 3. The van der Waals surface area contributed by atoms with E-state index in [1.807, 2.05) is 0 Å². The third-order valence-electron chi connectivity index (χ3n) is 6.54. The Morgan fingerprint density at radius 2 is 2.04 bits per heavy atom. The molecule has 1 atom stereocenters. The Hall–Kier alpha value is -1.14. The Morgan fingerprint density at radius 3 is 2.83 bits per heavy atom. The van der Waals surface area contributed by atoms with Crippen LogP contribution in [0.2, 0.25) is 0 Å². The summed E-state index contributed by atoms with van der Waals surface area (Å²) in [6, 6.07) is 6.78. The van der Waals surface area contributed by atoms with Crippen molar-refractivity contribution in [2.24, 2.45) is 11.8 Å². The van der Waals surface area contributed by atoms with Gasteiger partial charge in [0, 0.05) is 19.5 Å². The molecular formula is C18H26N4O. The van der Waals surface area contributed by atoms with Gasteiger partial charge in [0.15, 0.2) is 5.72 Å². The summed E-state index contributed by atoms with van der Waals surface area (Å²) in [5.74, 6) is 1.48. The Bertz CT molecular complexity index is 613. The molecule has 0 amide bonds. The van der Waals surface area contributed by atoms with Gasteiger partial charge in [0.2, 0.25) is 0 Å². The van der Waals surface area contributed by atoms with Crippen LogP contribution < -0.4 is 16.0 Å². The van der Waals surface area contributed by atoms with Gasteiger partial charge in [-0.1, -0.05) is 11.7 Å². The summed E-state index contributed by atoms with van der Waals surface area (Å²) in [7, 11) is 2.18. The molecule has 23 heavy (non-hydrogen) atoms. The molecule has 1 saturated heterocycles. The minimum atomic E-state index is -0.140. The number of hydrazine groups is 2. The summed E-state index contributed by atoms with van der Waals surface area (Å²) in [6.45, 7) is 2.06. The summed E-state index contributed by atoms with van der Waals surface area (Å²) in [6.07, 6.45) is 7.65. The lowest BCUT2D eigenvalue weighted by Gasteiger charge is -2.50. The van der Waals surface area contributed by atoms with E-state index in [-0.39, 0.29) is 5.72 Å². The van der Waals surface area contributed by atoms with E-state index in [2.05, 4.69) is 46.3 Å². The molecule has 0 aromatic heterocycles. The number of rotatable bonds is 1. The molecule has 5 nitrogen and oxygen atoms in total. The zero-order valence-corrected chi connectivity index (χ0v) is 13.8. The lowest BCUT2D eigenvalue weighted by atomic mass is 9.65. The normalized spacial score (nSPS) is 36.7. The second kappa shape index (κ2) is 5.18. The molecule has 5 heteroatoms. The lowest BCUT2D eigenvalue weighted by molar-refractivity contribution is -0.193. The van der Waals surface area contributed by atoms with Crippen molar-refractivity contribution in [3.05, 3.63) is 29.3 Å². The molecule has 2 N–H and O–H groups in total. The van der Waals surface area contributed by atoms with Crippen LogP contribution in [0, 0.1) is 11.8 Å². The molecule has 6 rings (SSSR count). The van der Waals surface area contributed by atoms with Gasteiger partial charge in [-0.15, -0.1) is 0 Å². The molecule has 1 spiro atoms. The van der Waals surface area contributed by atoms with Crippen molar-refractivity contribution in [2.75, 3.05) is 18.7 Å². The van der Waals surface area contributed by atoms with E-state index >= 15 is 0 Å². The molecule has 5 aliphatic rings. The minimum absolute atomic E-state index is 0.140. The van der Waals surface area contributed by atoms with Gasteiger partial charge in [0.05, 0.1) is 5.69 Å². The Labute approximate surface area is 137 Å². The maximum Gasteiger partial charge on any atom is 0.165 e. The van der Waals surface area contributed by atoms with Crippen LogP contribution >= 0.6 is 0 Å². The van der Waals surface area contributed by atoms with Crippen molar-refractivity contribution in [1.29, 1.82) is 0 Å². The van der Waals surface area contributed by atoms with Gasteiger partial charge in [-0.2, -0.15) is 5.01 Å². The molecule has 4 fully saturated rings. The third-order valence-corrected chi connectivity index (χ3v) is 6.54. The van der Waals surface area contributed by atoms with E-state index in [9.17, 15) is 0 Å². The topological polar surface area (TPSA) is 39.8 Å². The number of nitrogens with zero attached hydrogens (tertiary/aromatic N) is 2. The van der Waals surface area contributed by atoms with Gasteiger partial charge in [-0.25, -0.2) is 5.12 Å². The number of hydrogen-bond acceptors (Lipinski definition) is 5. The molecule has 3 aliphatic carbocycles. The maximum atomic E-state index is 6.23. The molecule has 2 heterocycles. The predicted octanol–water partition coefficient (Wildman–Crippen LogP) is 2.34. The molecule has 124 valence electrons. The fourth-order valence-electron chi connectivity index (χ4n) is 5.16. The van der Waals surface area contributed by atoms with Crippen molar-refractivity contribution < 1.29 is 4.84 Å². The van der Waals surface area contributed by atoms with Crippen molar-refractivity contribution in [2.45, 2.75) is 50.8 Å². The first-order chi connectivity index (χ1) is 11.3. The lowest BCUT2D eigenvalue weighted by Crippen LogP contribution is -2.58. The van der Waals surface area contributed by atoms with Gasteiger partial charge in [0.25, 0.3) is 0 Å². The number of anilines is 1. The summed E-state index contributed by atoms with van der Waals surface area (Å²) in [5, 5.41) is 7.88. The average Bonchev–Trinajstić information content (AvgIpc) is 2.92. The van der Waals surface area contributed by atoms with Crippen LogP contribution in [0.3, 0.4) is 0 Å². The van der Waals surface area contributed by atoms with Gasteiger partial charge in [0.1, 0.15) is 0 Å². The highest BCUT2D eigenvalue weighted by molar-refractivity contribution is 5.50. The zero-order chi connectivity index (χ0) is 15.4. The van der Waals surface area contributed by atoms with E-state index in [0.29, 0.717) is 5.92 Å². The van der Waals surface area contributed by atoms with Gasteiger partial charge >= 0.3 is 0 Å². The summed E-state index contributed by atoms with van der Waals surface area (Å²) in [4.78, 5) is 6.23. The molecule has 1 aromatic rings. The average molecular weight is 314 g/mol. The van der Waals surface area contributed by atoms with Crippen molar-refractivity contribution >= 4 is 5.69 Å². The highest BCUT2D eigenvalue weighted by Gasteiger charge is 2.56. The van der Waals surface area contributed by atoms with E-state index in [1.54, 1.807) is 0 Å². The molecular weight excluding hydrogens is 288 g/mol. The second-order valence-corrected chi connectivity index (χ2v) is 7.68. The fourth-order valence-corrected chi connectivity index (χ4v) is 5.16. The first kappa shape index (κ1) is 14.2. The van der Waals surface area contributed by atoms with Crippen LogP contribution in [0.5, 0.6) is 0 Å². The second-order valence-electron chi connectivity index (χ2n) is 7.68. The maximum absolute atomic E-state index is 6.23. The number of hydrogen-bond donors (Lipinski definition) is 2. The molecule has 0 radical (unpaired) electrons.